The van der Waals surface area contributed by atoms with Gasteiger partial charge >= 0.3 is 0 Å². The number of benzene rings is 1. The fraction of sp³-hybridized carbons (Fsp3) is 0.176. The molecule has 2 aromatic heterocycles. The van der Waals surface area contributed by atoms with Crippen LogP contribution in [0.1, 0.15) is 15.5 Å². The van der Waals surface area contributed by atoms with Crippen LogP contribution >= 0.6 is 22.9 Å². The second kappa shape index (κ2) is 7.58. The Morgan fingerprint density at radius 1 is 1.28 bits per heavy atom. The van der Waals surface area contributed by atoms with Crippen molar-refractivity contribution in [3.05, 3.63) is 58.3 Å². The number of halogens is 1. The summed E-state index contributed by atoms with van der Waals surface area (Å²) in [5.74, 6) is -0.654. The first-order valence-electron chi connectivity index (χ1n) is 7.51. The van der Waals surface area contributed by atoms with E-state index < -0.39 is 5.91 Å². The zero-order valence-corrected chi connectivity index (χ0v) is 15.0. The molecular formula is C17H15ClN4O2S. The predicted octanol–water partition coefficient (Wildman–Crippen LogP) is 2.73. The molecule has 0 aliphatic rings. The quantitative estimate of drug-likeness (QED) is 0.745. The van der Waals surface area contributed by atoms with Crippen LogP contribution in [-0.2, 0) is 11.3 Å². The Balaban J connectivity index is 1.56. The monoisotopic (exact) mass is 374 g/mol. The number of carbonyl (C=O) groups is 2. The van der Waals surface area contributed by atoms with E-state index in [-0.39, 0.29) is 18.1 Å². The van der Waals surface area contributed by atoms with Gasteiger partial charge in [0, 0.05) is 18.3 Å². The molecule has 1 N–H and O–H groups in total. The maximum atomic E-state index is 12.2. The van der Waals surface area contributed by atoms with Gasteiger partial charge in [-0.1, -0.05) is 23.7 Å². The maximum Gasteiger partial charge on any atom is 0.270 e. The Hall–Kier alpha value is -2.51. The second-order valence-corrected chi connectivity index (χ2v) is 6.92. The van der Waals surface area contributed by atoms with Crippen LogP contribution in [-0.4, -0.2) is 40.3 Å². The van der Waals surface area contributed by atoms with E-state index in [0.29, 0.717) is 11.6 Å². The van der Waals surface area contributed by atoms with Crippen LogP contribution in [0.5, 0.6) is 0 Å². The Kier molecular flexibility index (Phi) is 5.25. The minimum absolute atomic E-state index is 0.117. The van der Waals surface area contributed by atoms with Crippen molar-refractivity contribution in [3.8, 4) is 0 Å². The van der Waals surface area contributed by atoms with Gasteiger partial charge in [0.25, 0.3) is 5.91 Å². The Labute approximate surface area is 153 Å². The van der Waals surface area contributed by atoms with Gasteiger partial charge in [0.05, 0.1) is 23.3 Å². The highest BCUT2D eigenvalue weighted by Crippen LogP contribution is 2.22. The molecule has 3 rings (SSSR count). The lowest BCUT2D eigenvalue weighted by Gasteiger charge is -2.15. The van der Waals surface area contributed by atoms with Crippen molar-refractivity contribution in [2.24, 2.45) is 0 Å². The smallest absolute Gasteiger partial charge is 0.270 e. The largest absolute Gasteiger partial charge is 0.342 e. The van der Waals surface area contributed by atoms with Crippen molar-refractivity contribution in [2.45, 2.75) is 6.54 Å². The SMILES string of the molecule is CN(Cc1nc2ccccc2s1)C(=O)CNC(=O)c1cc(Cl)ccn1. The number of fused-ring (bicyclic) bond motifs is 1. The van der Waals surface area contributed by atoms with Crippen LogP contribution in [0, 0.1) is 0 Å². The summed E-state index contributed by atoms with van der Waals surface area (Å²) in [7, 11) is 1.68. The second-order valence-electron chi connectivity index (χ2n) is 5.37. The van der Waals surface area contributed by atoms with Crippen LogP contribution in [0.25, 0.3) is 10.2 Å². The number of hydrogen-bond donors (Lipinski definition) is 1. The van der Waals surface area contributed by atoms with E-state index in [1.54, 1.807) is 24.5 Å². The van der Waals surface area contributed by atoms with Gasteiger partial charge in [-0.3, -0.25) is 14.6 Å². The number of nitrogens with one attached hydrogen (secondary N) is 1. The van der Waals surface area contributed by atoms with Crippen LogP contribution in [0.15, 0.2) is 42.6 Å². The van der Waals surface area contributed by atoms with E-state index >= 15 is 0 Å². The maximum absolute atomic E-state index is 12.2. The molecule has 128 valence electrons. The Bertz CT molecular complexity index is 895. The summed E-state index contributed by atoms with van der Waals surface area (Å²) < 4.78 is 1.08. The van der Waals surface area contributed by atoms with E-state index in [1.807, 2.05) is 24.3 Å². The van der Waals surface area contributed by atoms with Crippen molar-refractivity contribution < 1.29 is 9.59 Å². The highest BCUT2D eigenvalue weighted by molar-refractivity contribution is 7.18. The lowest BCUT2D eigenvalue weighted by molar-refractivity contribution is -0.129. The molecule has 2 heterocycles. The van der Waals surface area contributed by atoms with Gasteiger partial charge in [0.1, 0.15) is 10.7 Å². The van der Waals surface area contributed by atoms with Crippen LogP contribution in [0.3, 0.4) is 0 Å². The first-order valence-corrected chi connectivity index (χ1v) is 8.70. The molecule has 0 spiro atoms. The summed E-state index contributed by atoms with van der Waals surface area (Å²) in [5, 5.41) is 3.81. The molecule has 0 radical (unpaired) electrons. The van der Waals surface area contributed by atoms with Crippen molar-refractivity contribution in [1.82, 2.24) is 20.2 Å². The van der Waals surface area contributed by atoms with Gasteiger partial charge in [-0.15, -0.1) is 11.3 Å². The lowest BCUT2D eigenvalue weighted by atomic mass is 10.3. The van der Waals surface area contributed by atoms with Crippen LogP contribution in [0.2, 0.25) is 5.02 Å². The van der Waals surface area contributed by atoms with Crippen molar-refractivity contribution in [1.29, 1.82) is 0 Å². The molecule has 6 nitrogen and oxygen atoms in total. The van der Waals surface area contributed by atoms with Gasteiger partial charge in [-0.2, -0.15) is 0 Å². The highest BCUT2D eigenvalue weighted by atomic mass is 35.5. The Morgan fingerprint density at radius 3 is 2.84 bits per heavy atom. The summed E-state index contributed by atoms with van der Waals surface area (Å²) in [5.41, 5.74) is 1.10. The number of rotatable bonds is 5. The highest BCUT2D eigenvalue weighted by Gasteiger charge is 2.14. The number of para-hydroxylation sites is 1. The van der Waals surface area contributed by atoms with Crippen LogP contribution in [0.4, 0.5) is 0 Å². The summed E-state index contributed by atoms with van der Waals surface area (Å²) in [4.78, 5) is 34.1. The standard InChI is InChI=1S/C17H15ClN4O2S/c1-22(10-15-21-12-4-2-3-5-14(12)25-15)16(23)9-20-17(24)13-8-11(18)6-7-19-13/h2-8H,9-10H2,1H3,(H,20,24). The molecule has 0 bridgehead atoms. The normalized spacial score (nSPS) is 10.6. The molecule has 2 amide bonds. The van der Waals surface area contributed by atoms with E-state index in [4.69, 9.17) is 11.6 Å². The summed E-state index contributed by atoms with van der Waals surface area (Å²) in [6.07, 6.45) is 1.44. The number of pyridine rings is 1. The molecule has 1 aromatic carbocycles. The molecule has 3 aromatic rings. The molecule has 25 heavy (non-hydrogen) atoms. The number of aromatic nitrogens is 2. The van der Waals surface area contributed by atoms with Crippen molar-refractivity contribution >= 4 is 45.0 Å². The molecule has 0 aliphatic heterocycles. The summed E-state index contributed by atoms with van der Waals surface area (Å²) in [6.45, 7) is 0.276. The van der Waals surface area contributed by atoms with Gasteiger partial charge in [-0.05, 0) is 24.3 Å². The number of nitrogens with zero attached hydrogens (tertiary/aromatic N) is 3. The predicted molar refractivity (Wildman–Crippen MR) is 97.7 cm³/mol. The lowest BCUT2D eigenvalue weighted by Crippen LogP contribution is -2.38. The van der Waals surface area contributed by atoms with Gasteiger partial charge in [0.2, 0.25) is 5.91 Å². The van der Waals surface area contributed by atoms with Crippen molar-refractivity contribution in [2.75, 3.05) is 13.6 Å². The van der Waals surface area contributed by atoms with Gasteiger partial charge < -0.3 is 10.2 Å². The molecule has 0 atom stereocenters. The van der Waals surface area contributed by atoms with Crippen LogP contribution < -0.4 is 5.32 Å². The van der Waals surface area contributed by atoms with Gasteiger partial charge in [0.15, 0.2) is 0 Å². The number of thiazole rings is 1. The third-order valence-electron chi connectivity index (χ3n) is 3.49. The first-order chi connectivity index (χ1) is 12.0. The minimum Gasteiger partial charge on any atom is -0.342 e. The van der Waals surface area contributed by atoms with Gasteiger partial charge in [-0.25, -0.2) is 4.98 Å². The molecule has 0 saturated carbocycles. The molecule has 0 unspecified atom stereocenters. The van der Waals surface area contributed by atoms with Crippen molar-refractivity contribution in [3.63, 3.8) is 0 Å². The van der Waals surface area contributed by atoms with E-state index in [2.05, 4.69) is 15.3 Å². The molecular weight excluding hydrogens is 360 g/mol. The zero-order chi connectivity index (χ0) is 17.8. The average Bonchev–Trinajstić information content (AvgIpc) is 3.01. The zero-order valence-electron chi connectivity index (χ0n) is 13.4. The third-order valence-corrected chi connectivity index (χ3v) is 4.75. The molecule has 0 fully saturated rings. The topological polar surface area (TPSA) is 75.2 Å². The fourth-order valence-electron chi connectivity index (χ4n) is 2.19. The minimum atomic E-state index is -0.441. The van der Waals surface area contributed by atoms with E-state index in [9.17, 15) is 9.59 Å². The van der Waals surface area contributed by atoms with E-state index in [0.717, 1.165) is 15.2 Å². The summed E-state index contributed by atoms with van der Waals surface area (Å²) in [6, 6.07) is 10.9. The Morgan fingerprint density at radius 2 is 2.08 bits per heavy atom. The summed E-state index contributed by atoms with van der Waals surface area (Å²) >= 11 is 7.37. The molecule has 0 saturated heterocycles. The third kappa shape index (κ3) is 4.32. The van der Waals surface area contributed by atoms with E-state index in [1.165, 1.54) is 17.2 Å². The number of hydrogen-bond acceptors (Lipinski definition) is 5. The average molecular weight is 375 g/mol. The number of amides is 2. The fourth-order valence-corrected chi connectivity index (χ4v) is 3.37. The first kappa shape index (κ1) is 17.3. The molecule has 8 heteroatoms. The number of likely N-dealkylation sites (N-methyl/N-ethyl adjacent to an activating group) is 1. The number of carbonyl (C=O) groups excluding carboxylic acids is 2. The molecule has 0 aliphatic carbocycles.